The van der Waals surface area contributed by atoms with Gasteiger partial charge in [-0.3, -0.25) is 0 Å². The maximum Gasteiger partial charge on any atom is 0.000167 e. The SMILES string of the molecule is CCc1ccc(C(CN)Cc2ccccc2C)cc1. The summed E-state index contributed by atoms with van der Waals surface area (Å²) >= 11 is 0. The summed E-state index contributed by atoms with van der Waals surface area (Å²) in [5.74, 6) is 0.409. The van der Waals surface area contributed by atoms with Crippen molar-refractivity contribution in [1.82, 2.24) is 0 Å². The Labute approximate surface area is 116 Å². The molecule has 0 aliphatic rings. The zero-order valence-electron chi connectivity index (χ0n) is 11.9. The Kier molecular flexibility index (Phi) is 4.75. The molecule has 2 aromatic carbocycles. The lowest BCUT2D eigenvalue weighted by Crippen LogP contribution is -2.15. The summed E-state index contributed by atoms with van der Waals surface area (Å²) in [6.45, 7) is 5.05. The van der Waals surface area contributed by atoms with Gasteiger partial charge < -0.3 is 5.73 Å². The largest absolute Gasteiger partial charge is 0.330 e. The second-order valence-corrected chi connectivity index (χ2v) is 5.16. The lowest BCUT2D eigenvalue weighted by atomic mass is 9.90. The molecule has 0 saturated carbocycles. The maximum absolute atomic E-state index is 5.97. The number of hydrogen-bond acceptors (Lipinski definition) is 1. The third-order valence-electron chi connectivity index (χ3n) is 3.87. The van der Waals surface area contributed by atoms with E-state index >= 15 is 0 Å². The average Bonchev–Trinajstić information content (AvgIpc) is 2.47. The van der Waals surface area contributed by atoms with E-state index in [0.29, 0.717) is 12.5 Å². The van der Waals surface area contributed by atoms with Crippen LogP contribution in [0.25, 0.3) is 0 Å². The summed E-state index contributed by atoms with van der Waals surface area (Å²) in [6.07, 6.45) is 2.11. The van der Waals surface area contributed by atoms with Crippen LogP contribution in [0.5, 0.6) is 0 Å². The Morgan fingerprint density at radius 1 is 1.00 bits per heavy atom. The molecular weight excluding hydrogens is 230 g/mol. The van der Waals surface area contributed by atoms with Crippen LogP contribution in [0.15, 0.2) is 48.5 Å². The van der Waals surface area contributed by atoms with Crippen molar-refractivity contribution in [2.45, 2.75) is 32.6 Å². The first kappa shape index (κ1) is 13.8. The van der Waals surface area contributed by atoms with Crippen LogP contribution < -0.4 is 5.73 Å². The molecule has 0 amide bonds. The van der Waals surface area contributed by atoms with Crippen molar-refractivity contribution in [3.63, 3.8) is 0 Å². The van der Waals surface area contributed by atoms with Gasteiger partial charge >= 0.3 is 0 Å². The standard InChI is InChI=1S/C18H23N/c1-3-15-8-10-16(11-9-15)18(13-19)12-17-7-5-4-6-14(17)2/h4-11,18H,3,12-13,19H2,1-2H3. The number of hydrogen-bond donors (Lipinski definition) is 1. The molecule has 2 rings (SSSR count). The third-order valence-corrected chi connectivity index (χ3v) is 3.87. The van der Waals surface area contributed by atoms with Crippen molar-refractivity contribution in [1.29, 1.82) is 0 Å². The Bertz CT molecular complexity index is 513. The van der Waals surface area contributed by atoms with Gasteiger partial charge in [-0.15, -0.1) is 0 Å². The molecule has 1 nitrogen and oxygen atoms in total. The Balaban J connectivity index is 2.17. The predicted molar refractivity (Wildman–Crippen MR) is 82.5 cm³/mol. The first-order valence-electron chi connectivity index (χ1n) is 7.08. The molecule has 0 fully saturated rings. The highest BCUT2D eigenvalue weighted by Crippen LogP contribution is 2.22. The van der Waals surface area contributed by atoms with Crippen LogP contribution in [0.4, 0.5) is 0 Å². The van der Waals surface area contributed by atoms with E-state index in [9.17, 15) is 0 Å². The molecule has 2 aromatic rings. The Morgan fingerprint density at radius 2 is 1.68 bits per heavy atom. The topological polar surface area (TPSA) is 26.0 Å². The molecule has 0 saturated heterocycles. The first-order chi connectivity index (χ1) is 9.24. The van der Waals surface area contributed by atoms with E-state index in [1.54, 1.807) is 0 Å². The average molecular weight is 253 g/mol. The maximum atomic E-state index is 5.97. The molecule has 1 unspecified atom stereocenters. The molecule has 0 heterocycles. The molecule has 100 valence electrons. The van der Waals surface area contributed by atoms with Gasteiger partial charge in [-0.1, -0.05) is 55.5 Å². The molecule has 0 aliphatic heterocycles. The zero-order valence-corrected chi connectivity index (χ0v) is 11.9. The van der Waals surface area contributed by atoms with Crippen molar-refractivity contribution in [2.24, 2.45) is 5.73 Å². The highest BCUT2D eigenvalue weighted by Gasteiger charge is 2.11. The fourth-order valence-corrected chi connectivity index (χ4v) is 2.47. The molecule has 1 atom stereocenters. The van der Waals surface area contributed by atoms with Gasteiger partial charge in [0.15, 0.2) is 0 Å². The Morgan fingerprint density at radius 3 is 2.26 bits per heavy atom. The van der Waals surface area contributed by atoms with Gasteiger partial charge in [-0.25, -0.2) is 0 Å². The lowest BCUT2D eigenvalue weighted by Gasteiger charge is -2.17. The van der Waals surface area contributed by atoms with Crippen molar-refractivity contribution in [2.75, 3.05) is 6.54 Å². The molecule has 2 N–H and O–H groups in total. The van der Waals surface area contributed by atoms with E-state index in [2.05, 4.69) is 62.4 Å². The van der Waals surface area contributed by atoms with Gasteiger partial charge in [0.1, 0.15) is 0 Å². The van der Waals surface area contributed by atoms with Gasteiger partial charge in [0.05, 0.1) is 0 Å². The third kappa shape index (κ3) is 3.45. The van der Waals surface area contributed by atoms with Gasteiger partial charge in [0.25, 0.3) is 0 Å². The monoisotopic (exact) mass is 253 g/mol. The predicted octanol–water partition coefficient (Wildman–Crippen LogP) is 3.84. The van der Waals surface area contributed by atoms with Gasteiger partial charge in [0.2, 0.25) is 0 Å². The number of aryl methyl sites for hydroxylation is 2. The summed E-state index contributed by atoms with van der Waals surface area (Å²) in [5, 5.41) is 0. The van der Waals surface area contributed by atoms with Crippen molar-refractivity contribution >= 4 is 0 Å². The van der Waals surface area contributed by atoms with E-state index in [4.69, 9.17) is 5.73 Å². The number of rotatable bonds is 5. The second-order valence-electron chi connectivity index (χ2n) is 5.16. The summed E-state index contributed by atoms with van der Waals surface area (Å²) < 4.78 is 0. The van der Waals surface area contributed by atoms with Crippen molar-refractivity contribution in [3.8, 4) is 0 Å². The van der Waals surface area contributed by atoms with Crippen LogP contribution in [0, 0.1) is 6.92 Å². The second kappa shape index (κ2) is 6.53. The number of benzene rings is 2. The summed E-state index contributed by atoms with van der Waals surface area (Å²) in [7, 11) is 0. The van der Waals surface area contributed by atoms with Crippen LogP contribution in [-0.2, 0) is 12.8 Å². The van der Waals surface area contributed by atoms with Gasteiger partial charge in [-0.05, 0) is 48.6 Å². The first-order valence-corrected chi connectivity index (χ1v) is 7.08. The van der Waals surface area contributed by atoms with Gasteiger partial charge in [-0.2, -0.15) is 0 Å². The summed E-state index contributed by atoms with van der Waals surface area (Å²) in [4.78, 5) is 0. The molecule has 0 spiro atoms. The fourth-order valence-electron chi connectivity index (χ4n) is 2.47. The smallest absolute Gasteiger partial charge is 0.000167 e. The van der Waals surface area contributed by atoms with Gasteiger partial charge in [0, 0.05) is 5.92 Å². The normalized spacial score (nSPS) is 12.4. The van der Waals surface area contributed by atoms with Crippen LogP contribution in [0.1, 0.15) is 35.1 Å². The molecule has 19 heavy (non-hydrogen) atoms. The van der Waals surface area contributed by atoms with E-state index in [1.165, 1.54) is 22.3 Å². The fraction of sp³-hybridized carbons (Fsp3) is 0.333. The number of nitrogens with two attached hydrogens (primary N) is 1. The molecule has 0 aromatic heterocycles. The highest BCUT2D eigenvalue weighted by atomic mass is 14.5. The highest BCUT2D eigenvalue weighted by molar-refractivity contribution is 5.31. The van der Waals surface area contributed by atoms with Crippen LogP contribution in [0.3, 0.4) is 0 Å². The van der Waals surface area contributed by atoms with Crippen molar-refractivity contribution < 1.29 is 0 Å². The van der Waals surface area contributed by atoms with E-state index in [-0.39, 0.29) is 0 Å². The van der Waals surface area contributed by atoms with Crippen LogP contribution in [0.2, 0.25) is 0 Å². The van der Waals surface area contributed by atoms with E-state index in [1.807, 2.05) is 0 Å². The minimum Gasteiger partial charge on any atom is -0.330 e. The summed E-state index contributed by atoms with van der Waals surface area (Å²) in [6, 6.07) is 17.5. The minimum absolute atomic E-state index is 0.409. The van der Waals surface area contributed by atoms with Crippen molar-refractivity contribution in [3.05, 3.63) is 70.8 Å². The van der Waals surface area contributed by atoms with E-state index < -0.39 is 0 Å². The molecule has 0 radical (unpaired) electrons. The zero-order chi connectivity index (χ0) is 13.7. The quantitative estimate of drug-likeness (QED) is 0.860. The van der Waals surface area contributed by atoms with Crippen LogP contribution >= 0.6 is 0 Å². The van der Waals surface area contributed by atoms with Crippen LogP contribution in [-0.4, -0.2) is 6.54 Å². The summed E-state index contributed by atoms with van der Waals surface area (Å²) in [5.41, 5.74) is 11.5. The molecule has 0 bridgehead atoms. The molecule has 1 heteroatoms. The molecular formula is C18H23N. The Hall–Kier alpha value is -1.60. The minimum atomic E-state index is 0.409. The lowest BCUT2D eigenvalue weighted by molar-refractivity contribution is 0.691. The van der Waals surface area contributed by atoms with E-state index in [0.717, 1.165) is 12.8 Å². The molecule has 0 aliphatic carbocycles.